The zero-order valence-corrected chi connectivity index (χ0v) is 12.5. The highest BCUT2D eigenvalue weighted by Crippen LogP contribution is 2.33. The molecule has 0 unspecified atom stereocenters. The maximum absolute atomic E-state index is 4.63. The standard InChI is InChI=1S/C15H19N3S/c1-10-11(2)19-15(17-10)18(3)13-6-7-14-12(9-13)5-4-8-16-14/h6-7,9,16H,4-5,8H2,1-3H3. The van der Waals surface area contributed by atoms with Crippen LogP contribution in [0.5, 0.6) is 0 Å². The Morgan fingerprint density at radius 1 is 1.32 bits per heavy atom. The molecule has 0 spiro atoms. The number of nitrogens with zero attached hydrogens (tertiary/aromatic N) is 2. The van der Waals surface area contributed by atoms with E-state index in [4.69, 9.17) is 0 Å². The van der Waals surface area contributed by atoms with Gasteiger partial charge in [-0.15, -0.1) is 11.3 Å². The zero-order valence-electron chi connectivity index (χ0n) is 11.7. The number of benzene rings is 1. The summed E-state index contributed by atoms with van der Waals surface area (Å²) in [6.07, 6.45) is 2.38. The summed E-state index contributed by atoms with van der Waals surface area (Å²) < 4.78 is 0. The number of thiazole rings is 1. The van der Waals surface area contributed by atoms with E-state index in [1.165, 1.54) is 34.7 Å². The topological polar surface area (TPSA) is 28.2 Å². The second-order valence-corrected chi connectivity index (χ2v) is 6.25. The van der Waals surface area contributed by atoms with E-state index in [0.717, 1.165) is 17.4 Å². The fraction of sp³-hybridized carbons (Fsp3) is 0.400. The van der Waals surface area contributed by atoms with E-state index >= 15 is 0 Å². The molecule has 2 heterocycles. The molecule has 1 aromatic heterocycles. The lowest BCUT2D eigenvalue weighted by atomic mass is 10.0. The van der Waals surface area contributed by atoms with Crippen molar-refractivity contribution in [1.29, 1.82) is 0 Å². The van der Waals surface area contributed by atoms with Crippen LogP contribution < -0.4 is 10.2 Å². The summed E-state index contributed by atoms with van der Waals surface area (Å²) in [7, 11) is 2.09. The van der Waals surface area contributed by atoms with Crippen LogP contribution in [-0.2, 0) is 6.42 Å². The Balaban J connectivity index is 1.93. The normalized spacial score (nSPS) is 13.8. The first kappa shape index (κ1) is 12.5. The molecule has 1 aliphatic heterocycles. The van der Waals surface area contributed by atoms with Crippen molar-refractivity contribution in [3.8, 4) is 0 Å². The molecule has 0 amide bonds. The van der Waals surface area contributed by atoms with Gasteiger partial charge in [0.1, 0.15) is 0 Å². The highest BCUT2D eigenvalue weighted by molar-refractivity contribution is 7.15. The first-order valence-corrected chi connectivity index (χ1v) is 7.51. The maximum atomic E-state index is 4.63. The Morgan fingerprint density at radius 3 is 2.89 bits per heavy atom. The van der Waals surface area contributed by atoms with Crippen molar-refractivity contribution in [3.05, 3.63) is 34.3 Å². The van der Waals surface area contributed by atoms with E-state index in [9.17, 15) is 0 Å². The van der Waals surface area contributed by atoms with Gasteiger partial charge >= 0.3 is 0 Å². The Morgan fingerprint density at radius 2 is 2.16 bits per heavy atom. The summed E-state index contributed by atoms with van der Waals surface area (Å²) in [5, 5.41) is 4.52. The average molecular weight is 273 g/mol. The van der Waals surface area contributed by atoms with Crippen molar-refractivity contribution in [2.75, 3.05) is 23.8 Å². The molecular formula is C15H19N3S. The van der Waals surface area contributed by atoms with Gasteiger partial charge in [-0.3, -0.25) is 0 Å². The summed E-state index contributed by atoms with van der Waals surface area (Å²) in [4.78, 5) is 8.10. The molecule has 1 aromatic carbocycles. The third-order valence-electron chi connectivity index (χ3n) is 3.72. The van der Waals surface area contributed by atoms with Gasteiger partial charge < -0.3 is 10.2 Å². The summed E-state index contributed by atoms with van der Waals surface area (Å²) in [5.74, 6) is 0. The Kier molecular flexibility index (Phi) is 3.19. The van der Waals surface area contributed by atoms with Gasteiger partial charge in [-0.05, 0) is 50.5 Å². The minimum atomic E-state index is 1.07. The first-order chi connectivity index (χ1) is 9.15. The van der Waals surface area contributed by atoms with E-state index in [1.807, 2.05) is 0 Å². The van der Waals surface area contributed by atoms with Crippen molar-refractivity contribution < 1.29 is 0 Å². The highest BCUT2D eigenvalue weighted by Gasteiger charge is 2.14. The highest BCUT2D eigenvalue weighted by atomic mass is 32.1. The van der Waals surface area contributed by atoms with Gasteiger partial charge in [0.05, 0.1) is 5.69 Å². The van der Waals surface area contributed by atoms with Crippen LogP contribution in [0.1, 0.15) is 22.6 Å². The van der Waals surface area contributed by atoms with Crippen molar-refractivity contribution in [2.24, 2.45) is 0 Å². The zero-order chi connectivity index (χ0) is 13.4. The van der Waals surface area contributed by atoms with Gasteiger partial charge in [-0.2, -0.15) is 0 Å². The molecule has 0 saturated carbocycles. The molecule has 19 heavy (non-hydrogen) atoms. The minimum absolute atomic E-state index is 1.07. The fourth-order valence-electron chi connectivity index (χ4n) is 2.38. The number of nitrogens with one attached hydrogen (secondary N) is 1. The molecular weight excluding hydrogens is 254 g/mol. The molecule has 0 radical (unpaired) electrons. The summed E-state index contributed by atoms with van der Waals surface area (Å²) in [6.45, 7) is 5.29. The van der Waals surface area contributed by atoms with Crippen molar-refractivity contribution in [3.63, 3.8) is 0 Å². The average Bonchev–Trinajstić information content (AvgIpc) is 2.77. The molecule has 3 rings (SSSR count). The Labute approximate surface area is 118 Å². The van der Waals surface area contributed by atoms with Crippen LogP contribution in [-0.4, -0.2) is 18.6 Å². The smallest absolute Gasteiger partial charge is 0.190 e. The SMILES string of the molecule is Cc1nc(N(C)c2ccc3c(c2)CCCN3)sc1C. The lowest BCUT2D eigenvalue weighted by Crippen LogP contribution is -2.14. The van der Waals surface area contributed by atoms with E-state index in [1.54, 1.807) is 11.3 Å². The Hall–Kier alpha value is -1.55. The second kappa shape index (κ2) is 4.85. The molecule has 1 aliphatic rings. The van der Waals surface area contributed by atoms with Crippen LogP contribution >= 0.6 is 11.3 Å². The van der Waals surface area contributed by atoms with E-state index in [-0.39, 0.29) is 0 Å². The molecule has 4 heteroatoms. The molecule has 0 atom stereocenters. The lowest BCUT2D eigenvalue weighted by molar-refractivity contribution is 0.830. The molecule has 2 aromatic rings. The minimum Gasteiger partial charge on any atom is -0.385 e. The van der Waals surface area contributed by atoms with Crippen molar-refractivity contribution >= 4 is 27.8 Å². The van der Waals surface area contributed by atoms with E-state index < -0.39 is 0 Å². The molecule has 0 saturated heterocycles. The predicted octanol–water partition coefficient (Wildman–Crippen LogP) is 3.89. The van der Waals surface area contributed by atoms with Crippen LogP contribution in [0.15, 0.2) is 18.2 Å². The molecule has 1 N–H and O–H groups in total. The quantitative estimate of drug-likeness (QED) is 0.900. The van der Waals surface area contributed by atoms with Crippen LogP contribution in [0.25, 0.3) is 0 Å². The van der Waals surface area contributed by atoms with Crippen LogP contribution in [0, 0.1) is 13.8 Å². The molecule has 3 nitrogen and oxygen atoms in total. The second-order valence-electron chi connectivity index (χ2n) is 5.07. The monoisotopic (exact) mass is 273 g/mol. The molecule has 0 bridgehead atoms. The number of hydrogen-bond acceptors (Lipinski definition) is 4. The Bertz CT molecular complexity index is 584. The number of aromatic nitrogens is 1. The number of rotatable bonds is 2. The summed E-state index contributed by atoms with van der Waals surface area (Å²) in [5.41, 5.74) is 5.05. The van der Waals surface area contributed by atoms with Gasteiger partial charge in [0, 0.05) is 29.8 Å². The maximum Gasteiger partial charge on any atom is 0.190 e. The van der Waals surface area contributed by atoms with Crippen LogP contribution in [0.2, 0.25) is 0 Å². The lowest BCUT2D eigenvalue weighted by Gasteiger charge is -2.22. The van der Waals surface area contributed by atoms with E-state index in [0.29, 0.717) is 0 Å². The summed E-state index contributed by atoms with van der Waals surface area (Å²) >= 11 is 1.75. The van der Waals surface area contributed by atoms with E-state index in [2.05, 4.69) is 54.3 Å². The fourth-order valence-corrected chi connectivity index (χ4v) is 3.27. The van der Waals surface area contributed by atoms with Gasteiger partial charge in [-0.25, -0.2) is 4.98 Å². The summed E-state index contributed by atoms with van der Waals surface area (Å²) in [6, 6.07) is 6.64. The van der Waals surface area contributed by atoms with Crippen molar-refractivity contribution in [1.82, 2.24) is 4.98 Å². The van der Waals surface area contributed by atoms with Gasteiger partial charge in [-0.1, -0.05) is 0 Å². The number of aryl methyl sites for hydroxylation is 3. The largest absolute Gasteiger partial charge is 0.385 e. The van der Waals surface area contributed by atoms with Gasteiger partial charge in [0.2, 0.25) is 0 Å². The van der Waals surface area contributed by atoms with Crippen LogP contribution in [0.3, 0.4) is 0 Å². The third-order valence-corrected chi connectivity index (χ3v) is 4.87. The third kappa shape index (κ3) is 2.32. The molecule has 0 aliphatic carbocycles. The van der Waals surface area contributed by atoms with Gasteiger partial charge in [0.25, 0.3) is 0 Å². The molecule has 100 valence electrons. The predicted molar refractivity (Wildman–Crippen MR) is 82.9 cm³/mol. The number of hydrogen-bond donors (Lipinski definition) is 1. The number of fused-ring (bicyclic) bond motifs is 1. The van der Waals surface area contributed by atoms with Gasteiger partial charge in [0.15, 0.2) is 5.13 Å². The van der Waals surface area contributed by atoms with Crippen molar-refractivity contribution in [2.45, 2.75) is 26.7 Å². The molecule has 0 fully saturated rings. The van der Waals surface area contributed by atoms with Crippen LogP contribution in [0.4, 0.5) is 16.5 Å². The number of anilines is 3. The first-order valence-electron chi connectivity index (χ1n) is 6.70.